The van der Waals surface area contributed by atoms with E-state index < -0.39 is 0 Å². The van der Waals surface area contributed by atoms with Crippen LogP contribution in [0.1, 0.15) is 22.0 Å². The van der Waals surface area contributed by atoms with E-state index >= 15 is 0 Å². The number of ether oxygens (including phenoxy) is 2. The number of carbonyl (C=O) groups is 1. The number of benzene rings is 2. The number of hydrogen-bond acceptors (Lipinski definition) is 5. The number of aromatic nitrogens is 3. The topological polar surface area (TPSA) is 78.3 Å². The van der Waals surface area contributed by atoms with Crippen LogP contribution in [-0.4, -0.2) is 34.4 Å². The van der Waals surface area contributed by atoms with Crippen molar-refractivity contribution in [3.05, 3.63) is 85.0 Å². The predicted octanol–water partition coefficient (Wildman–Crippen LogP) is 3.02. The summed E-state index contributed by atoms with van der Waals surface area (Å²) in [7, 11) is 1.54. The second-order valence-corrected chi connectivity index (χ2v) is 6.02. The predicted molar refractivity (Wildman–Crippen MR) is 105 cm³/mol. The van der Waals surface area contributed by atoms with Crippen molar-refractivity contribution in [1.29, 1.82) is 0 Å². The molecule has 7 heteroatoms. The minimum absolute atomic E-state index is 0.220. The highest BCUT2D eigenvalue weighted by Gasteiger charge is 2.18. The highest BCUT2D eigenvalue weighted by molar-refractivity contribution is 5.95. The molecule has 1 heterocycles. The molecule has 0 bridgehead atoms. The van der Waals surface area contributed by atoms with E-state index in [9.17, 15) is 4.79 Å². The molecule has 1 aromatic heterocycles. The molecule has 3 aromatic rings. The van der Waals surface area contributed by atoms with Crippen molar-refractivity contribution in [2.45, 2.75) is 12.6 Å². The minimum atomic E-state index is -0.266. The zero-order chi connectivity index (χ0) is 19.8. The SMILES string of the molecule is C=CCOc1ccc(C(=O)NC(Cn2cncn2)c2ccccc2)cc1OC. The average molecular weight is 378 g/mol. The Morgan fingerprint density at radius 3 is 2.75 bits per heavy atom. The van der Waals surface area contributed by atoms with Crippen molar-refractivity contribution < 1.29 is 14.3 Å². The number of amides is 1. The first-order chi connectivity index (χ1) is 13.7. The van der Waals surface area contributed by atoms with Crippen LogP contribution in [-0.2, 0) is 6.54 Å². The molecule has 144 valence electrons. The van der Waals surface area contributed by atoms with Crippen LogP contribution in [0.15, 0.2) is 73.8 Å². The van der Waals surface area contributed by atoms with Gasteiger partial charge in [-0.2, -0.15) is 5.10 Å². The third kappa shape index (κ3) is 4.76. The molecule has 1 amide bonds. The first-order valence-corrected chi connectivity index (χ1v) is 8.81. The van der Waals surface area contributed by atoms with Crippen LogP contribution < -0.4 is 14.8 Å². The summed E-state index contributed by atoms with van der Waals surface area (Å²) in [6, 6.07) is 14.5. The molecule has 0 fully saturated rings. The van der Waals surface area contributed by atoms with E-state index in [-0.39, 0.29) is 11.9 Å². The van der Waals surface area contributed by atoms with Gasteiger partial charge in [-0.15, -0.1) is 0 Å². The standard InChI is InChI=1S/C21H22N4O3/c1-3-11-28-19-10-9-17(12-20(19)27-2)21(26)24-18(13-25-15-22-14-23-25)16-7-5-4-6-8-16/h3-10,12,14-15,18H,1,11,13H2,2H3,(H,24,26). The van der Waals surface area contributed by atoms with E-state index in [1.54, 1.807) is 35.3 Å². The first-order valence-electron chi connectivity index (χ1n) is 8.81. The Morgan fingerprint density at radius 2 is 2.07 bits per heavy atom. The second-order valence-electron chi connectivity index (χ2n) is 6.02. The molecule has 1 atom stereocenters. The molecule has 0 aliphatic rings. The lowest BCUT2D eigenvalue weighted by atomic mass is 10.1. The fourth-order valence-corrected chi connectivity index (χ4v) is 2.75. The van der Waals surface area contributed by atoms with Crippen molar-refractivity contribution in [2.75, 3.05) is 13.7 Å². The molecular formula is C21H22N4O3. The van der Waals surface area contributed by atoms with Crippen LogP contribution in [0.4, 0.5) is 0 Å². The Bertz CT molecular complexity index is 911. The van der Waals surface area contributed by atoms with Gasteiger partial charge in [0.05, 0.1) is 19.7 Å². The van der Waals surface area contributed by atoms with Gasteiger partial charge in [0.2, 0.25) is 0 Å². The van der Waals surface area contributed by atoms with E-state index in [0.717, 1.165) is 5.56 Å². The molecular weight excluding hydrogens is 356 g/mol. The monoisotopic (exact) mass is 378 g/mol. The maximum Gasteiger partial charge on any atom is 0.251 e. The van der Waals surface area contributed by atoms with Gasteiger partial charge in [-0.1, -0.05) is 43.0 Å². The van der Waals surface area contributed by atoms with E-state index in [1.165, 1.54) is 13.4 Å². The Labute approximate surface area is 163 Å². The quantitative estimate of drug-likeness (QED) is 0.579. The van der Waals surface area contributed by atoms with Gasteiger partial charge < -0.3 is 14.8 Å². The van der Waals surface area contributed by atoms with E-state index in [4.69, 9.17) is 9.47 Å². The van der Waals surface area contributed by atoms with Gasteiger partial charge in [0.1, 0.15) is 19.3 Å². The molecule has 7 nitrogen and oxygen atoms in total. The zero-order valence-electron chi connectivity index (χ0n) is 15.6. The summed E-state index contributed by atoms with van der Waals surface area (Å²) >= 11 is 0. The van der Waals surface area contributed by atoms with E-state index in [0.29, 0.717) is 30.2 Å². The molecule has 1 N–H and O–H groups in total. The summed E-state index contributed by atoms with van der Waals surface area (Å²) in [4.78, 5) is 16.8. The molecule has 0 radical (unpaired) electrons. The molecule has 1 unspecified atom stereocenters. The van der Waals surface area contributed by atoms with Crippen molar-refractivity contribution in [3.63, 3.8) is 0 Å². The van der Waals surface area contributed by atoms with Crippen molar-refractivity contribution in [2.24, 2.45) is 0 Å². The highest BCUT2D eigenvalue weighted by atomic mass is 16.5. The number of rotatable bonds is 9. The Balaban J connectivity index is 1.80. The fourth-order valence-electron chi connectivity index (χ4n) is 2.75. The molecule has 0 saturated heterocycles. The summed E-state index contributed by atoms with van der Waals surface area (Å²) < 4.78 is 12.6. The summed E-state index contributed by atoms with van der Waals surface area (Å²) in [5.41, 5.74) is 1.45. The highest BCUT2D eigenvalue weighted by Crippen LogP contribution is 2.28. The minimum Gasteiger partial charge on any atom is -0.493 e. The van der Waals surface area contributed by atoms with Crippen LogP contribution in [0, 0.1) is 0 Å². The lowest BCUT2D eigenvalue weighted by molar-refractivity contribution is 0.0931. The smallest absolute Gasteiger partial charge is 0.251 e. The lowest BCUT2D eigenvalue weighted by Crippen LogP contribution is -2.31. The van der Waals surface area contributed by atoms with Crippen LogP contribution in [0.25, 0.3) is 0 Å². The van der Waals surface area contributed by atoms with E-state index in [1.807, 2.05) is 30.3 Å². The Kier molecular flexibility index (Phi) is 6.41. The van der Waals surface area contributed by atoms with Crippen molar-refractivity contribution >= 4 is 5.91 Å². The molecule has 3 rings (SSSR count). The van der Waals surface area contributed by atoms with Gasteiger partial charge in [-0.25, -0.2) is 4.98 Å². The molecule has 0 spiro atoms. The summed E-state index contributed by atoms with van der Waals surface area (Å²) in [5.74, 6) is 0.825. The van der Waals surface area contributed by atoms with Gasteiger partial charge in [0.25, 0.3) is 5.91 Å². The Morgan fingerprint density at radius 1 is 1.25 bits per heavy atom. The van der Waals surface area contributed by atoms with Gasteiger partial charge in [0, 0.05) is 5.56 Å². The molecule has 0 aliphatic heterocycles. The molecule has 0 aliphatic carbocycles. The van der Waals surface area contributed by atoms with Gasteiger partial charge in [-0.3, -0.25) is 9.48 Å². The second kappa shape index (κ2) is 9.36. The van der Waals surface area contributed by atoms with E-state index in [2.05, 4.69) is 22.0 Å². The van der Waals surface area contributed by atoms with Crippen molar-refractivity contribution in [1.82, 2.24) is 20.1 Å². The molecule has 28 heavy (non-hydrogen) atoms. The average Bonchev–Trinajstić information content (AvgIpc) is 3.25. The maximum atomic E-state index is 12.9. The van der Waals surface area contributed by atoms with Gasteiger partial charge in [0.15, 0.2) is 11.5 Å². The van der Waals surface area contributed by atoms with Crippen LogP contribution in [0.2, 0.25) is 0 Å². The third-order valence-corrected chi connectivity index (χ3v) is 4.13. The maximum absolute atomic E-state index is 12.9. The van der Waals surface area contributed by atoms with Gasteiger partial charge >= 0.3 is 0 Å². The Hall–Kier alpha value is -3.61. The number of carbonyl (C=O) groups excluding carboxylic acids is 1. The fraction of sp³-hybridized carbons (Fsp3) is 0.190. The third-order valence-electron chi connectivity index (χ3n) is 4.13. The molecule has 0 saturated carbocycles. The van der Waals surface area contributed by atoms with Crippen molar-refractivity contribution in [3.8, 4) is 11.5 Å². The number of nitrogens with one attached hydrogen (secondary N) is 1. The first kappa shape index (κ1) is 19.2. The van der Waals surface area contributed by atoms with Gasteiger partial charge in [-0.05, 0) is 23.8 Å². The normalized spacial score (nSPS) is 11.5. The largest absolute Gasteiger partial charge is 0.493 e. The van der Waals surface area contributed by atoms with Crippen LogP contribution in [0.3, 0.4) is 0 Å². The molecule has 2 aromatic carbocycles. The number of methoxy groups -OCH3 is 1. The summed E-state index contributed by atoms with van der Waals surface area (Å²) in [6.07, 6.45) is 4.74. The number of nitrogens with zero attached hydrogens (tertiary/aromatic N) is 3. The zero-order valence-corrected chi connectivity index (χ0v) is 15.6. The van der Waals surface area contributed by atoms with Crippen LogP contribution >= 0.6 is 0 Å². The summed E-state index contributed by atoms with van der Waals surface area (Å²) in [5, 5.41) is 7.20. The summed E-state index contributed by atoms with van der Waals surface area (Å²) in [6.45, 7) is 4.45. The lowest BCUT2D eigenvalue weighted by Gasteiger charge is -2.19. The number of hydrogen-bond donors (Lipinski definition) is 1. The van der Waals surface area contributed by atoms with Crippen LogP contribution in [0.5, 0.6) is 11.5 Å².